The molecule has 0 saturated heterocycles. The molecule has 32 heavy (non-hydrogen) atoms. The summed E-state index contributed by atoms with van der Waals surface area (Å²) in [5, 5.41) is 6.38. The van der Waals surface area contributed by atoms with Gasteiger partial charge in [-0.05, 0) is 49.4 Å². The molecule has 0 atom stereocenters. The Labute approximate surface area is 208 Å². The minimum Gasteiger partial charge on any atom is -0.493 e. The third-order valence-corrected chi connectivity index (χ3v) is 5.33. The summed E-state index contributed by atoms with van der Waals surface area (Å²) in [7, 11) is 3.50. The van der Waals surface area contributed by atoms with Gasteiger partial charge < -0.3 is 20.3 Å². The van der Waals surface area contributed by atoms with Gasteiger partial charge in [0.2, 0.25) is 5.91 Å². The summed E-state index contributed by atoms with van der Waals surface area (Å²) in [5.41, 5.74) is 3.23. The lowest BCUT2D eigenvalue weighted by molar-refractivity contribution is -0.128. The number of hydrogen-bond acceptors (Lipinski definition) is 4. The summed E-state index contributed by atoms with van der Waals surface area (Å²) in [6.45, 7) is 4.22. The zero-order chi connectivity index (χ0) is 22.1. The topological polar surface area (TPSA) is 78.9 Å². The predicted octanol–water partition coefficient (Wildman–Crippen LogP) is 3.16. The van der Waals surface area contributed by atoms with Crippen LogP contribution in [0.5, 0.6) is 5.75 Å². The lowest BCUT2D eigenvalue weighted by Crippen LogP contribution is -2.43. The summed E-state index contributed by atoms with van der Waals surface area (Å²) >= 11 is 0. The van der Waals surface area contributed by atoms with E-state index in [4.69, 9.17) is 4.74 Å². The SMILES string of the molecule is CN=C(NCC(=O)N(C)CCc1ccccn1)NCc1ccc(C)cc1OCC1CC1.I. The Kier molecular flexibility index (Phi) is 10.7. The molecule has 2 N–H and O–H groups in total. The van der Waals surface area contributed by atoms with Crippen LogP contribution in [0.4, 0.5) is 0 Å². The van der Waals surface area contributed by atoms with Gasteiger partial charge >= 0.3 is 0 Å². The van der Waals surface area contributed by atoms with Crippen molar-refractivity contribution in [1.82, 2.24) is 20.5 Å². The van der Waals surface area contributed by atoms with Crippen LogP contribution in [-0.2, 0) is 17.8 Å². The Bertz CT molecular complexity index is 887. The molecule has 1 amide bonds. The summed E-state index contributed by atoms with van der Waals surface area (Å²) in [5.74, 6) is 2.21. The highest BCUT2D eigenvalue weighted by Crippen LogP contribution is 2.30. The number of aryl methyl sites for hydroxylation is 1. The van der Waals surface area contributed by atoms with Crippen molar-refractivity contribution in [2.75, 3.05) is 33.8 Å². The second-order valence-corrected chi connectivity index (χ2v) is 8.03. The molecule has 7 nitrogen and oxygen atoms in total. The Morgan fingerprint density at radius 2 is 2.06 bits per heavy atom. The number of guanidine groups is 1. The number of nitrogens with zero attached hydrogens (tertiary/aromatic N) is 3. The first-order valence-electron chi connectivity index (χ1n) is 10.9. The van der Waals surface area contributed by atoms with Crippen molar-refractivity contribution in [3.8, 4) is 5.75 Å². The van der Waals surface area contributed by atoms with Crippen LogP contribution in [0.25, 0.3) is 0 Å². The van der Waals surface area contributed by atoms with E-state index >= 15 is 0 Å². The summed E-state index contributed by atoms with van der Waals surface area (Å²) in [6.07, 6.45) is 5.03. The van der Waals surface area contributed by atoms with Gasteiger partial charge in [0.1, 0.15) is 5.75 Å². The van der Waals surface area contributed by atoms with E-state index in [0.29, 0.717) is 25.0 Å². The number of aromatic nitrogens is 1. The molecule has 0 radical (unpaired) electrons. The van der Waals surface area contributed by atoms with E-state index in [-0.39, 0.29) is 36.4 Å². The number of aliphatic imine (C=N–C) groups is 1. The summed E-state index contributed by atoms with van der Waals surface area (Å²) < 4.78 is 6.03. The Balaban J connectivity index is 0.00000363. The zero-order valence-corrected chi connectivity index (χ0v) is 21.5. The molecule has 1 aliphatic rings. The van der Waals surface area contributed by atoms with E-state index < -0.39 is 0 Å². The van der Waals surface area contributed by atoms with Gasteiger partial charge in [-0.15, -0.1) is 24.0 Å². The van der Waals surface area contributed by atoms with Crippen molar-refractivity contribution < 1.29 is 9.53 Å². The number of carbonyl (C=O) groups excluding carboxylic acids is 1. The van der Waals surface area contributed by atoms with Crippen LogP contribution in [0.3, 0.4) is 0 Å². The molecule has 1 aliphatic carbocycles. The van der Waals surface area contributed by atoms with E-state index in [1.54, 1.807) is 25.2 Å². The molecule has 0 aliphatic heterocycles. The van der Waals surface area contributed by atoms with Gasteiger partial charge in [0.15, 0.2) is 5.96 Å². The summed E-state index contributed by atoms with van der Waals surface area (Å²) in [4.78, 5) is 22.7. The van der Waals surface area contributed by atoms with Crippen LogP contribution in [0, 0.1) is 12.8 Å². The Hall–Kier alpha value is -2.36. The molecule has 8 heteroatoms. The maximum absolute atomic E-state index is 12.4. The number of carbonyl (C=O) groups is 1. The Morgan fingerprint density at radius 3 is 2.75 bits per heavy atom. The first-order chi connectivity index (χ1) is 15.0. The zero-order valence-electron chi connectivity index (χ0n) is 19.1. The Morgan fingerprint density at radius 1 is 1.25 bits per heavy atom. The van der Waals surface area contributed by atoms with E-state index in [1.807, 2.05) is 18.2 Å². The molecule has 3 rings (SSSR count). The van der Waals surface area contributed by atoms with E-state index in [1.165, 1.54) is 18.4 Å². The quantitative estimate of drug-likeness (QED) is 0.270. The van der Waals surface area contributed by atoms with Crippen LogP contribution >= 0.6 is 24.0 Å². The second-order valence-electron chi connectivity index (χ2n) is 8.03. The number of pyridine rings is 1. The lowest BCUT2D eigenvalue weighted by atomic mass is 10.1. The van der Waals surface area contributed by atoms with Crippen LogP contribution in [0.2, 0.25) is 0 Å². The number of ether oxygens (including phenoxy) is 1. The number of nitrogens with one attached hydrogen (secondary N) is 2. The average molecular weight is 551 g/mol. The van der Waals surface area contributed by atoms with Crippen molar-refractivity contribution in [3.63, 3.8) is 0 Å². The molecular formula is C24H34IN5O2. The minimum atomic E-state index is 0. The van der Waals surface area contributed by atoms with Gasteiger partial charge in [0.25, 0.3) is 0 Å². The molecular weight excluding hydrogens is 517 g/mol. The number of halogens is 1. The van der Waals surface area contributed by atoms with Gasteiger partial charge in [0.05, 0.1) is 13.2 Å². The van der Waals surface area contributed by atoms with E-state index in [0.717, 1.165) is 30.0 Å². The third kappa shape index (κ3) is 8.64. The van der Waals surface area contributed by atoms with Gasteiger partial charge in [-0.3, -0.25) is 14.8 Å². The molecule has 0 unspecified atom stereocenters. The number of amides is 1. The molecule has 1 saturated carbocycles. The highest BCUT2D eigenvalue weighted by molar-refractivity contribution is 14.0. The monoisotopic (exact) mass is 551 g/mol. The van der Waals surface area contributed by atoms with Crippen LogP contribution < -0.4 is 15.4 Å². The predicted molar refractivity (Wildman–Crippen MR) is 139 cm³/mol. The number of rotatable bonds is 10. The van der Waals surface area contributed by atoms with Crippen LogP contribution in [0.1, 0.15) is 29.7 Å². The van der Waals surface area contributed by atoms with E-state index in [2.05, 4.69) is 45.7 Å². The van der Waals surface area contributed by atoms with Crippen molar-refractivity contribution >= 4 is 35.8 Å². The maximum atomic E-state index is 12.4. The fraction of sp³-hybridized carbons (Fsp3) is 0.458. The average Bonchev–Trinajstić information content (AvgIpc) is 3.62. The second kappa shape index (κ2) is 13.2. The van der Waals surface area contributed by atoms with Crippen molar-refractivity contribution in [2.24, 2.45) is 10.9 Å². The van der Waals surface area contributed by atoms with Crippen LogP contribution in [-0.4, -0.2) is 55.5 Å². The molecule has 2 aromatic rings. The molecule has 1 aromatic heterocycles. The summed E-state index contributed by atoms with van der Waals surface area (Å²) in [6, 6.07) is 12.1. The van der Waals surface area contributed by atoms with Gasteiger partial charge in [-0.25, -0.2) is 0 Å². The van der Waals surface area contributed by atoms with Gasteiger partial charge in [-0.1, -0.05) is 18.2 Å². The van der Waals surface area contributed by atoms with Crippen LogP contribution in [0.15, 0.2) is 47.6 Å². The molecule has 1 fully saturated rings. The van der Waals surface area contributed by atoms with Crippen molar-refractivity contribution in [2.45, 2.75) is 32.7 Å². The molecule has 0 spiro atoms. The standard InChI is InChI=1S/C24H33N5O2.HI/c1-18-7-10-20(22(14-18)31-17-19-8-9-19)15-27-24(25-2)28-16-23(30)29(3)13-11-21-6-4-5-12-26-21;/h4-7,10,12,14,19H,8-9,11,13,15-17H2,1-3H3,(H2,25,27,28);1H. The normalized spacial score (nSPS) is 13.2. The molecule has 1 heterocycles. The maximum Gasteiger partial charge on any atom is 0.241 e. The van der Waals surface area contributed by atoms with Gasteiger partial charge in [0, 0.05) is 51.1 Å². The highest BCUT2D eigenvalue weighted by Gasteiger charge is 2.22. The molecule has 174 valence electrons. The first-order valence-corrected chi connectivity index (χ1v) is 10.9. The van der Waals surface area contributed by atoms with Gasteiger partial charge in [-0.2, -0.15) is 0 Å². The van der Waals surface area contributed by atoms with Crippen molar-refractivity contribution in [1.29, 1.82) is 0 Å². The minimum absolute atomic E-state index is 0. The lowest BCUT2D eigenvalue weighted by Gasteiger charge is -2.19. The third-order valence-electron chi connectivity index (χ3n) is 5.33. The first kappa shape index (κ1) is 25.9. The number of likely N-dealkylation sites (N-methyl/N-ethyl adjacent to an activating group) is 1. The molecule has 1 aromatic carbocycles. The fourth-order valence-electron chi connectivity index (χ4n) is 3.08. The van der Waals surface area contributed by atoms with E-state index in [9.17, 15) is 4.79 Å². The smallest absolute Gasteiger partial charge is 0.241 e. The highest BCUT2D eigenvalue weighted by atomic mass is 127. The fourth-order valence-corrected chi connectivity index (χ4v) is 3.08. The van der Waals surface area contributed by atoms with Crippen molar-refractivity contribution in [3.05, 3.63) is 59.4 Å². The number of benzene rings is 1. The largest absolute Gasteiger partial charge is 0.493 e. The number of hydrogen-bond donors (Lipinski definition) is 2. The molecule has 0 bridgehead atoms.